The maximum absolute atomic E-state index is 13.2. The van der Waals surface area contributed by atoms with Crippen molar-refractivity contribution in [3.63, 3.8) is 0 Å². The molecule has 1 N–H and O–H groups in total. The van der Waals surface area contributed by atoms with Gasteiger partial charge in [-0.3, -0.25) is 4.79 Å². The number of nitrogens with one attached hydrogen (secondary N) is 1. The third kappa shape index (κ3) is 3.80. The number of dihydropyridines is 1. The van der Waals surface area contributed by atoms with Gasteiger partial charge in [-0.1, -0.05) is 24.3 Å². The minimum atomic E-state index is -0.836. The van der Waals surface area contributed by atoms with Gasteiger partial charge in [0.1, 0.15) is 11.2 Å². The molecule has 33 heavy (non-hydrogen) atoms. The summed E-state index contributed by atoms with van der Waals surface area (Å²) in [5, 5.41) is 3.94. The van der Waals surface area contributed by atoms with E-state index in [1.54, 1.807) is 70.2 Å². The minimum absolute atomic E-state index is 0.176. The molecule has 0 saturated heterocycles. The van der Waals surface area contributed by atoms with Crippen LogP contribution in [0.25, 0.3) is 21.9 Å². The van der Waals surface area contributed by atoms with Crippen LogP contribution >= 0.6 is 0 Å². The summed E-state index contributed by atoms with van der Waals surface area (Å²) in [6.07, 6.45) is 0. The first-order valence-electron chi connectivity index (χ1n) is 10.9. The molecule has 1 aliphatic heterocycles. The first-order valence-corrected chi connectivity index (χ1v) is 10.9. The van der Waals surface area contributed by atoms with Gasteiger partial charge < -0.3 is 19.2 Å². The summed E-state index contributed by atoms with van der Waals surface area (Å²) in [4.78, 5) is 39.3. The number of hydrogen-bond acceptors (Lipinski definition) is 7. The van der Waals surface area contributed by atoms with Gasteiger partial charge in [-0.2, -0.15) is 0 Å². The fourth-order valence-corrected chi connectivity index (χ4v) is 4.34. The van der Waals surface area contributed by atoms with E-state index in [0.29, 0.717) is 38.9 Å². The highest BCUT2D eigenvalue weighted by Gasteiger charge is 2.39. The Balaban J connectivity index is 2.06. The highest BCUT2D eigenvalue weighted by molar-refractivity contribution is 6.02. The van der Waals surface area contributed by atoms with Gasteiger partial charge in [-0.25, -0.2) is 9.59 Å². The third-order valence-corrected chi connectivity index (χ3v) is 5.70. The summed E-state index contributed by atoms with van der Waals surface area (Å²) >= 11 is 0. The van der Waals surface area contributed by atoms with E-state index in [0.717, 1.165) is 0 Å². The second-order valence-electron chi connectivity index (χ2n) is 7.73. The van der Waals surface area contributed by atoms with E-state index in [4.69, 9.17) is 13.9 Å². The van der Waals surface area contributed by atoms with E-state index in [1.807, 2.05) is 0 Å². The van der Waals surface area contributed by atoms with Crippen LogP contribution in [0.1, 0.15) is 39.2 Å². The number of ether oxygens (including phenoxy) is 2. The molecule has 0 aliphatic carbocycles. The van der Waals surface area contributed by atoms with Gasteiger partial charge in [0.25, 0.3) is 0 Å². The SMILES string of the molecule is CCOC(=O)C1=C(C)NC(C)=C(C(=O)OCC)C1c1cccc2c(=O)c3ccccc3oc12. The van der Waals surface area contributed by atoms with Crippen LogP contribution in [0, 0.1) is 0 Å². The molecule has 7 heteroatoms. The molecule has 0 amide bonds. The van der Waals surface area contributed by atoms with E-state index in [1.165, 1.54) is 0 Å². The Kier molecular flexibility index (Phi) is 6.05. The number of esters is 2. The van der Waals surface area contributed by atoms with E-state index >= 15 is 0 Å². The zero-order valence-corrected chi connectivity index (χ0v) is 19.0. The third-order valence-electron chi connectivity index (χ3n) is 5.70. The normalized spacial score (nSPS) is 14.5. The number of fused-ring (bicyclic) bond motifs is 2. The summed E-state index contributed by atoms with van der Waals surface area (Å²) in [6, 6.07) is 12.1. The lowest BCUT2D eigenvalue weighted by molar-refractivity contribution is -0.139. The second kappa shape index (κ2) is 8.94. The van der Waals surface area contributed by atoms with E-state index in [9.17, 15) is 14.4 Å². The fourth-order valence-electron chi connectivity index (χ4n) is 4.34. The van der Waals surface area contributed by atoms with Crippen LogP contribution in [0.3, 0.4) is 0 Å². The molecule has 3 aromatic rings. The second-order valence-corrected chi connectivity index (χ2v) is 7.73. The van der Waals surface area contributed by atoms with Crippen LogP contribution in [0.15, 0.2) is 74.2 Å². The van der Waals surface area contributed by atoms with Crippen LogP contribution in [0.5, 0.6) is 0 Å². The monoisotopic (exact) mass is 447 g/mol. The van der Waals surface area contributed by atoms with E-state index in [2.05, 4.69) is 5.32 Å². The van der Waals surface area contributed by atoms with Gasteiger partial charge >= 0.3 is 11.9 Å². The molecule has 170 valence electrons. The van der Waals surface area contributed by atoms with Crippen molar-refractivity contribution >= 4 is 33.9 Å². The molecule has 0 radical (unpaired) electrons. The molecule has 4 rings (SSSR count). The molecule has 0 spiro atoms. The standard InChI is InChI=1S/C26H25NO6/c1-5-31-25(29)20-14(3)27-15(4)21(26(30)32-6-2)22(20)17-11-9-12-18-23(28)16-10-7-8-13-19(16)33-24(17)18/h7-13,22,27H,5-6H2,1-4H3. The number of para-hydroxylation sites is 2. The Morgan fingerprint density at radius 2 is 1.45 bits per heavy atom. The Labute approximate surface area is 190 Å². The first kappa shape index (κ1) is 22.3. The van der Waals surface area contributed by atoms with Gasteiger partial charge in [0.05, 0.1) is 41.1 Å². The van der Waals surface area contributed by atoms with Crippen LogP contribution in [0.4, 0.5) is 0 Å². The topological polar surface area (TPSA) is 94.8 Å². The van der Waals surface area contributed by atoms with Gasteiger partial charge in [-0.15, -0.1) is 0 Å². The number of carbonyl (C=O) groups excluding carboxylic acids is 2. The number of carbonyl (C=O) groups is 2. The van der Waals surface area contributed by atoms with Crippen LogP contribution in [-0.4, -0.2) is 25.2 Å². The predicted octanol–water partition coefficient (Wildman–Crippen LogP) is 4.31. The molecule has 0 fully saturated rings. The lowest BCUT2D eigenvalue weighted by Gasteiger charge is -2.30. The van der Waals surface area contributed by atoms with Crippen LogP contribution < -0.4 is 10.7 Å². The lowest BCUT2D eigenvalue weighted by Crippen LogP contribution is -2.32. The molecule has 7 nitrogen and oxygen atoms in total. The summed E-state index contributed by atoms with van der Waals surface area (Å²) < 4.78 is 16.8. The van der Waals surface area contributed by atoms with E-state index < -0.39 is 17.9 Å². The van der Waals surface area contributed by atoms with Gasteiger partial charge in [0.2, 0.25) is 5.43 Å². The Morgan fingerprint density at radius 3 is 2.06 bits per heavy atom. The summed E-state index contributed by atoms with van der Waals surface area (Å²) in [7, 11) is 0. The lowest BCUT2D eigenvalue weighted by atomic mass is 9.79. The van der Waals surface area contributed by atoms with Crippen LogP contribution in [0.2, 0.25) is 0 Å². The van der Waals surface area contributed by atoms with Gasteiger partial charge in [0.15, 0.2) is 0 Å². The van der Waals surface area contributed by atoms with Crippen molar-refractivity contribution in [2.75, 3.05) is 13.2 Å². The summed E-state index contributed by atoms with van der Waals surface area (Å²) in [5.41, 5.74) is 2.74. The zero-order valence-electron chi connectivity index (χ0n) is 19.0. The molecule has 0 bridgehead atoms. The summed E-state index contributed by atoms with van der Waals surface area (Å²) in [5.74, 6) is -1.94. The smallest absolute Gasteiger partial charge is 0.336 e. The maximum Gasteiger partial charge on any atom is 0.336 e. The van der Waals surface area contributed by atoms with Crippen molar-refractivity contribution < 1.29 is 23.5 Å². The molecular formula is C26H25NO6. The highest BCUT2D eigenvalue weighted by Crippen LogP contribution is 2.42. The number of allylic oxidation sites excluding steroid dienone is 2. The quantitative estimate of drug-likeness (QED) is 0.460. The average Bonchev–Trinajstić information content (AvgIpc) is 2.78. The highest BCUT2D eigenvalue weighted by atomic mass is 16.5. The predicted molar refractivity (Wildman–Crippen MR) is 125 cm³/mol. The maximum atomic E-state index is 13.2. The molecular weight excluding hydrogens is 422 g/mol. The van der Waals surface area contributed by atoms with Crippen molar-refractivity contribution in [3.05, 3.63) is 80.8 Å². The van der Waals surface area contributed by atoms with Gasteiger partial charge in [-0.05, 0) is 45.9 Å². The Hall–Kier alpha value is -3.87. The van der Waals surface area contributed by atoms with Crippen molar-refractivity contribution in [2.45, 2.75) is 33.6 Å². The number of benzene rings is 2. The van der Waals surface area contributed by atoms with Crippen LogP contribution in [-0.2, 0) is 19.1 Å². The molecule has 0 saturated carbocycles. The number of hydrogen-bond donors (Lipinski definition) is 1. The Bertz CT molecular complexity index is 1350. The van der Waals surface area contributed by atoms with Crippen molar-refractivity contribution in [1.82, 2.24) is 5.32 Å². The average molecular weight is 447 g/mol. The largest absolute Gasteiger partial charge is 0.463 e. The zero-order chi connectivity index (χ0) is 23.7. The molecule has 0 unspecified atom stereocenters. The molecule has 2 heterocycles. The van der Waals surface area contributed by atoms with Crippen molar-refractivity contribution in [1.29, 1.82) is 0 Å². The van der Waals surface area contributed by atoms with E-state index in [-0.39, 0.29) is 29.8 Å². The molecule has 2 aromatic carbocycles. The Morgan fingerprint density at radius 1 is 0.879 bits per heavy atom. The first-order chi connectivity index (χ1) is 15.9. The van der Waals surface area contributed by atoms with Crippen molar-refractivity contribution in [2.24, 2.45) is 0 Å². The van der Waals surface area contributed by atoms with Gasteiger partial charge in [0, 0.05) is 17.0 Å². The minimum Gasteiger partial charge on any atom is -0.463 e. The number of rotatable bonds is 5. The molecule has 1 aromatic heterocycles. The molecule has 0 atom stereocenters. The van der Waals surface area contributed by atoms with Crippen molar-refractivity contribution in [3.8, 4) is 0 Å². The summed E-state index contributed by atoms with van der Waals surface area (Å²) in [6.45, 7) is 7.29. The molecule has 1 aliphatic rings. The fraction of sp³-hybridized carbons (Fsp3) is 0.269.